The minimum absolute atomic E-state index is 0.0504. The zero-order chi connectivity index (χ0) is 18.0. The number of halogens is 1. The monoisotopic (exact) mass is 355 g/mol. The molecule has 1 aromatic heterocycles. The van der Waals surface area contributed by atoms with Crippen LogP contribution in [-0.2, 0) is 0 Å². The number of aromatic amines is 1. The van der Waals surface area contributed by atoms with E-state index in [1.165, 1.54) is 22.8 Å². The Morgan fingerprint density at radius 3 is 2.56 bits per heavy atom. The molecule has 2 N–H and O–H groups in total. The van der Waals surface area contributed by atoms with E-state index in [0.717, 1.165) is 11.8 Å². The van der Waals surface area contributed by atoms with Gasteiger partial charge >= 0.3 is 0 Å². The van der Waals surface area contributed by atoms with E-state index in [1.807, 2.05) is 19.1 Å². The summed E-state index contributed by atoms with van der Waals surface area (Å²) in [6, 6.07) is 13.1. The van der Waals surface area contributed by atoms with Crippen molar-refractivity contribution in [3.05, 3.63) is 80.6 Å². The number of rotatable bonds is 3. The number of nitrogens with zero attached hydrogens (tertiary/aromatic N) is 2. The molecule has 3 aromatic rings. The summed E-state index contributed by atoms with van der Waals surface area (Å²) < 4.78 is 15.0. The van der Waals surface area contributed by atoms with Crippen molar-refractivity contribution in [1.29, 1.82) is 0 Å². The number of para-hydroxylation sites is 1. The van der Waals surface area contributed by atoms with Gasteiger partial charge in [-0.2, -0.15) is 0 Å². The Kier molecular flexibility index (Phi) is 4.58. The van der Waals surface area contributed by atoms with Crippen LogP contribution in [-0.4, -0.2) is 20.9 Å². The first-order chi connectivity index (χ1) is 12.0. The molecule has 0 aliphatic heterocycles. The van der Waals surface area contributed by atoms with E-state index in [-0.39, 0.29) is 21.9 Å². The summed E-state index contributed by atoms with van der Waals surface area (Å²) in [6.45, 7) is 1.93. The van der Waals surface area contributed by atoms with Crippen LogP contribution in [0.5, 0.6) is 5.88 Å². The summed E-state index contributed by atoms with van der Waals surface area (Å²) >= 11 is 5.14. The molecule has 0 unspecified atom stereocenters. The van der Waals surface area contributed by atoms with Crippen LogP contribution in [0.15, 0.2) is 58.3 Å². The van der Waals surface area contributed by atoms with Crippen molar-refractivity contribution in [3.63, 3.8) is 0 Å². The molecule has 0 amide bonds. The maximum atomic E-state index is 13.7. The van der Waals surface area contributed by atoms with E-state index in [4.69, 9.17) is 12.2 Å². The summed E-state index contributed by atoms with van der Waals surface area (Å²) in [6.07, 6.45) is 1.12. The average Bonchev–Trinajstić information content (AvgIpc) is 2.57. The summed E-state index contributed by atoms with van der Waals surface area (Å²) in [5, 5.41) is 10.5. The van der Waals surface area contributed by atoms with Gasteiger partial charge in [0.25, 0.3) is 5.56 Å². The maximum absolute atomic E-state index is 13.7. The zero-order valence-electron chi connectivity index (χ0n) is 13.2. The van der Waals surface area contributed by atoms with Gasteiger partial charge in [0.1, 0.15) is 11.4 Å². The molecule has 0 saturated carbocycles. The number of aryl methyl sites for hydroxylation is 1. The van der Waals surface area contributed by atoms with Gasteiger partial charge in [0.05, 0.1) is 11.4 Å². The van der Waals surface area contributed by atoms with Crippen LogP contribution >= 0.6 is 12.2 Å². The molecular formula is C18H14FN3O2S. The standard InChI is InChI=1S/C18H14FN3O2S/c1-11-6-8-12(9-7-11)22-17(24)13(16(23)21-18(22)25)10-20-15-5-3-2-4-14(15)19/h2-10,24H,1H3,(H,21,23,25). The fraction of sp³-hybridized carbons (Fsp3) is 0.0556. The molecule has 0 aliphatic rings. The van der Waals surface area contributed by atoms with Crippen LogP contribution in [0.3, 0.4) is 0 Å². The summed E-state index contributed by atoms with van der Waals surface area (Å²) in [7, 11) is 0. The van der Waals surface area contributed by atoms with E-state index in [9.17, 15) is 14.3 Å². The highest BCUT2D eigenvalue weighted by Gasteiger charge is 2.12. The van der Waals surface area contributed by atoms with E-state index >= 15 is 0 Å². The van der Waals surface area contributed by atoms with Gasteiger partial charge < -0.3 is 5.11 Å². The average molecular weight is 355 g/mol. The van der Waals surface area contributed by atoms with Crippen LogP contribution in [0.1, 0.15) is 11.1 Å². The molecule has 0 fully saturated rings. The normalized spacial score (nSPS) is 11.1. The smallest absolute Gasteiger partial charge is 0.264 e. The molecule has 0 atom stereocenters. The first kappa shape index (κ1) is 16.8. The van der Waals surface area contributed by atoms with Gasteiger partial charge in [-0.15, -0.1) is 0 Å². The van der Waals surface area contributed by atoms with Gasteiger partial charge in [0.2, 0.25) is 5.88 Å². The third-order valence-electron chi connectivity index (χ3n) is 3.60. The Labute approximate surface area is 147 Å². The van der Waals surface area contributed by atoms with Crippen LogP contribution < -0.4 is 5.56 Å². The quantitative estimate of drug-likeness (QED) is 0.555. The predicted octanol–water partition coefficient (Wildman–Crippen LogP) is 3.80. The third kappa shape index (κ3) is 3.41. The van der Waals surface area contributed by atoms with Crippen molar-refractivity contribution in [1.82, 2.24) is 9.55 Å². The second-order valence-electron chi connectivity index (χ2n) is 5.38. The van der Waals surface area contributed by atoms with E-state index in [2.05, 4.69) is 9.98 Å². The SMILES string of the molecule is Cc1ccc(-n2c(O)c(C=Nc3ccccc3F)c(=O)[nH]c2=S)cc1. The highest BCUT2D eigenvalue weighted by Crippen LogP contribution is 2.21. The number of nitrogens with one attached hydrogen (secondary N) is 1. The zero-order valence-corrected chi connectivity index (χ0v) is 14.0. The van der Waals surface area contributed by atoms with Gasteiger partial charge in [-0.3, -0.25) is 19.3 Å². The minimum atomic E-state index is -0.606. The number of benzene rings is 2. The molecule has 7 heteroatoms. The van der Waals surface area contributed by atoms with Gasteiger partial charge in [-0.1, -0.05) is 29.8 Å². The number of hydrogen-bond donors (Lipinski definition) is 2. The van der Waals surface area contributed by atoms with Crippen LogP contribution in [0.2, 0.25) is 0 Å². The number of H-pyrrole nitrogens is 1. The Balaban J connectivity index is 2.14. The largest absolute Gasteiger partial charge is 0.494 e. The molecule has 0 spiro atoms. The second kappa shape index (κ2) is 6.82. The summed E-state index contributed by atoms with van der Waals surface area (Å²) in [5.41, 5.74) is 0.972. The van der Waals surface area contributed by atoms with Crippen molar-refractivity contribution in [2.24, 2.45) is 4.99 Å². The molecule has 0 radical (unpaired) electrons. The first-order valence-corrected chi connectivity index (χ1v) is 7.82. The number of aliphatic imine (C=N–C) groups is 1. The van der Waals surface area contributed by atoms with Crippen LogP contribution in [0.4, 0.5) is 10.1 Å². The van der Waals surface area contributed by atoms with Crippen molar-refractivity contribution < 1.29 is 9.50 Å². The van der Waals surface area contributed by atoms with Crippen molar-refractivity contribution in [2.45, 2.75) is 6.92 Å². The van der Waals surface area contributed by atoms with Gasteiger partial charge in [-0.05, 0) is 43.4 Å². The van der Waals surface area contributed by atoms with Gasteiger partial charge in [-0.25, -0.2) is 4.39 Å². The Morgan fingerprint density at radius 1 is 1.20 bits per heavy atom. The van der Waals surface area contributed by atoms with Gasteiger partial charge in [0, 0.05) is 6.21 Å². The lowest BCUT2D eigenvalue weighted by Crippen LogP contribution is -2.18. The molecule has 0 saturated heterocycles. The van der Waals surface area contributed by atoms with Crippen molar-refractivity contribution in [3.8, 4) is 11.6 Å². The Morgan fingerprint density at radius 2 is 1.88 bits per heavy atom. The third-order valence-corrected chi connectivity index (χ3v) is 3.88. The molecule has 5 nitrogen and oxygen atoms in total. The first-order valence-electron chi connectivity index (χ1n) is 7.41. The van der Waals surface area contributed by atoms with Crippen molar-refractivity contribution in [2.75, 3.05) is 0 Å². The maximum Gasteiger partial charge on any atom is 0.264 e. The number of hydrogen-bond acceptors (Lipinski definition) is 4. The number of aromatic hydroxyl groups is 1. The van der Waals surface area contributed by atoms with E-state index < -0.39 is 11.4 Å². The fourth-order valence-corrected chi connectivity index (χ4v) is 2.56. The van der Waals surface area contributed by atoms with Crippen LogP contribution in [0.25, 0.3) is 5.69 Å². The number of aromatic nitrogens is 2. The molecule has 2 aromatic carbocycles. The predicted molar refractivity (Wildman–Crippen MR) is 97.3 cm³/mol. The van der Waals surface area contributed by atoms with E-state index in [0.29, 0.717) is 5.69 Å². The highest BCUT2D eigenvalue weighted by atomic mass is 32.1. The lowest BCUT2D eigenvalue weighted by Gasteiger charge is -2.11. The molecule has 1 heterocycles. The highest BCUT2D eigenvalue weighted by molar-refractivity contribution is 7.71. The minimum Gasteiger partial charge on any atom is -0.494 e. The molecule has 0 aliphatic carbocycles. The Bertz CT molecular complexity index is 1070. The molecule has 126 valence electrons. The Hall–Kier alpha value is -3.06. The lowest BCUT2D eigenvalue weighted by molar-refractivity contribution is 0.432. The van der Waals surface area contributed by atoms with E-state index in [1.54, 1.807) is 18.2 Å². The lowest BCUT2D eigenvalue weighted by atomic mass is 10.2. The molecule has 0 bridgehead atoms. The topological polar surface area (TPSA) is 70.4 Å². The fourth-order valence-electron chi connectivity index (χ4n) is 2.28. The van der Waals surface area contributed by atoms with Gasteiger partial charge in [0.15, 0.2) is 4.77 Å². The molecule has 25 heavy (non-hydrogen) atoms. The second-order valence-corrected chi connectivity index (χ2v) is 5.76. The summed E-state index contributed by atoms with van der Waals surface area (Å²) in [4.78, 5) is 18.6. The molecular weight excluding hydrogens is 341 g/mol. The summed E-state index contributed by atoms with van der Waals surface area (Å²) in [5.74, 6) is -0.890. The molecule has 3 rings (SSSR count). The van der Waals surface area contributed by atoms with Crippen molar-refractivity contribution >= 4 is 24.1 Å². The van der Waals surface area contributed by atoms with Crippen LogP contribution in [0, 0.1) is 17.5 Å².